The number of likely N-dealkylation sites (N-methyl/N-ethyl adjacent to an activating group) is 1. The van der Waals surface area contributed by atoms with Gasteiger partial charge in [0.2, 0.25) is 0 Å². The summed E-state index contributed by atoms with van der Waals surface area (Å²) >= 11 is 5.85. The fourth-order valence-electron chi connectivity index (χ4n) is 3.43. The Kier molecular flexibility index (Phi) is 5.62. The summed E-state index contributed by atoms with van der Waals surface area (Å²) in [6, 6.07) is 10.6. The normalized spacial score (nSPS) is 15.7. The highest BCUT2D eigenvalue weighted by atomic mass is 35.5. The molecule has 0 N–H and O–H groups in total. The molecule has 1 amide bonds. The molecule has 0 atom stereocenters. The van der Waals surface area contributed by atoms with E-state index in [1.165, 1.54) is 4.90 Å². The molecule has 1 fully saturated rings. The lowest BCUT2D eigenvalue weighted by molar-refractivity contribution is -0.138. The Morgan fingerprint density at radius 2 is 2.00 bits per heavy atom. The lowest BCUT2D eigenvalue weighted by Crippen LogP contribution is -2.51. The minimum atomic E-state index is -0.796. The van der Waals surface area contributed by atoms with Gasteiger partial charge in [0.05, 0.1) is 17.1 Å². The second-order valence-electron chi connectivity index (χ2n) is 6.77. The van der Waals surface area contributed by atoms with Crippen molar-refractivity contribution in [3.05, 3.63) is 41.0 Å². The number of aromatic nitrogens is 1. The molecule has 3 rings (SSSR count). The van der Waals surface area contributed by atoms with Gasteiger partial charge in [0.1, 0.15) is 10.7 Å². The lowest BCUT2D eigenvalue weighted by atomic mass is 9.81. The van der Waals surface area contributed by atoms with Gasteiger partial charge in [0, 0.05) is 12.4 Å². The maximum absolute atomic E-state index is 12.5. The molecule has 1 heterocycles. The molecule has 0 saturated heterocycles. The second-order valence-corrected chi connectivity index (χ2v) is 7.16. The smallest absolute Gasteiger partial charge is 0.338 e. The number of fused-ring (bicyclic) bond motifs is 1. The Bertz CT molecular complexity index is 916. The number of carbonyl (C=O) groups excluding carboxylic acids is 2. The van der Waals surface area contributed by atoms with Crippen LogP contribution in [0.3, 0.4) is 0 Å². The molecule has 1 aliphatic rings. The topological polar surface area (TPSA) is 83.3 Å². The van der Waals surface area contributed by atoms with Crippen LogP contribution in [0.5, 0.6) is 0 Å². The van der Waals surface area contributed by atoms with Gasteiger partial charge in [0.25, 0.3) is 5.91 Å². The molecule has 140 valence electrons. The number of benzene rings is 1. The van der Waals surface area contributed by atoms with Crippen molar-refractivity contribution < 1.29 is 14.3 Å². The Labute approximate surface area is 162 Å². The number of esters is 1. The van der Waals surface area contributed by atoms with Crippen LogP contribution in [-0.2, 0) is 9.53 Å². The number of pyridine rings is 1. The number of rotatable bonds is 4. The summed E-state index contributed by atoms with van der Waals surface area (Å²) in [5.74, 6) is -0.968. The number of halogens is 1. The Morgan fingerprint density at radius 3 is 2.70 bits per heavy atom. The quantitative estimate of drug-likeness (QED) is 0.591. The van der Waals surface area contributed by atoms with Gasteiger partial charge in [-0.3, -0.25) is 4.79 Å². The summed E-state index contributed by atoms with van der Waals surface area (Å²) in [6.07, 6.45) is 4.21. The number of carbonyl (C=O) groups is 2. The predicted octanol–water partition coefficient (Wildman–Crippen LogP) is 3.73. The largest absolute Gasteiger partial charge is 0.452 e. The van der Waals surface area contributed by atoms with Crippen LogP contribution in [0.2, 0.25) is 5.15 Å². The molecule has 0 unspecified atom stereocenters. The van der Waals surface area contributed by atoms with Crippen molar-refractivity contribution in [1.29, 1.82) is 5.26 Å². The van der Waals surface area contributed by atoms with Crippen molar-refractivity contribution in [1.82, 2.24) is 9.88 Å². The Morgan fingerprint density at radius 1 is 1.26 bits per heavy atom. The molecular weight excluding hydrogens is 366 g/mol. The highest BCUT2D eigenvalue weighted by Gasteiger charge is 2.39. The third-order valence-electron chi connectivity index (χ3n) is 5.12. The second kappa shape index (κ2) is 7.93. The third kappa shape index (κ3) is 4.04. The molecule has 6 nitrogen and oxygen atoms in total. The van der Waals surface area contributed by atoms with Crippen LogP contribution in [0.15, 0.2) is 30.3 Å². The molecule has 0 aliphatic heterocycles. The minimum absolute atomic E-state index is 0.328. The molecule has 0 bridgehead atoms. The van der Waals surface area contributed by atoms with Crippen LogP contribution in [0.25, 0.3) is 10.9 Å². The number of nitrogens with zero attached hydrogens (tertiary/aromatic N) is 3. The summed E-state index contributed by atoms with van der Waals surface area (Å²) < 4.78 is 5.18. The third-order valence-corrected chi connectivity index (χ3v) is 5.33. The van der Waals surface area contributed by atoms with E-state index >= 15 is 0 Å². The van der Waals surface area contributed by atoms with E-state index in [2.05, 4.69) is 11.1 Å². The number of nitriles is 1. The van der Waals surface area contributed by atoms with Crippen LogP contribution in [0.4, 0.5) is 0 Å². The van der Waals surface area contributed by atoms with E-state index in [4.69, 9.17) is 16.3 Å². The van der Waals surface area contributed by atoms with E-state index in [1.807, 2.05) is 0 Å². The average molecular weight is 386 g/mol. The molecule has 7 heteroatoms. The maximum Gasteiger partial charge on any atom is 0.338 e. The standard InChI is InChI=1S/C20H20ClN3O3/c1-24(20(13-22)9-3-2-4-10-20)18(25)12-27-19(26)15-5-7-16-14(11-15)6-8-17(21)23-16/h5-8,11H,2-4,9-10,12H2,1H3. The fourth-order valence-corrected chi connectivity index (χ4v) is 3.59. The number of hydrogen-bond donors (Lipinski definition) is 0. The zero-order valence-corrected chi connectivity index (χ0v) is 15.8. The summed E-state index contributed by atoms with van der Waals surface area (Å²) in [4.78, 5) is 30.4. The zero-order valence-electron chi connectivity index (χ0n) is 15.1. The average Bonchev–Trinajstić information content (AvgIpc) is 2.71. The van der Waals surface area contributed by atoms with Crippen LogP contribution in [0, 0.1) is 11.3 Å². The summed E-state index contributed by atoms with van der Waals surface area (Å²) in [6.45, 7) is -0.393. The van der Waals surface area contributed by atoms with Crippen LogP contribution in [-0.4, -0.2) is 41.0 Å². The molecule has 1 saturated carbocycles. The first-order valence-corrected chi connectivity index (χ1v) is 9.24. The van der Waals surface area contributed by atoms with Crippen molar-refractivity contribution >= 4 is 34.4 Å². The van der Waals surface area contributed by atoms with Gasteiger partial charge in [-0.15, -0.1) is 0 Å². The van der Waals surface area contributed by atoms with E-state index < -0.39 is 18.1 Å². The zero-order chi connectivity index (χ0) is 19.4. The van der Waals surface area contributed by atoms with Crippen molar-refractivity contribution in [2.75, 3.05) is 13.7 Å². The van der Waals surface area contributed by atoms with Crippen molar-refractivity contribution in [3.63, 3.8) is 0 Å². The van der Waals surface area contributed by atoms with Gasteiger partial charge in [0.15, 0.2) is 6.61 Å². The molecule has 1 aromatic heterocycles. The van der Waals surface area contributed by atoms with Crippen molar-refractivity contribution in [2.24, 2.45) is 0 Å². The van der Waals surface area contributed by atoms with Gasteiger partial charge in [-0.2, -0.15) is 5.26 Å². The van der Waals surface area contributed by atoms with Crippen LogP contribution in [0.1, 0.15) is 42.5 Å². The van der Waals surface area contributed by atoms with E-state index in [1.54, 1.807) is 37.4 Å². The van der Waals surface area contributed by atoms with E-state index in [0.717, 1.165) is 24.6 Å². The van der Waals surface area contributed by atoms with Gasteiger partial charge in [-0.1, -0.05) is 30.9 Å². The summed E-state index contributed by atoms with van der Waals surface area (Å²) in [5, 5.41) is 10.7. The van der Waals surface area contributed by atoms with Crippen LogP contribution < -0.4 is 0 Å². The first-order valence-electron chi connectivity index (χ1n) is 8.86. The molecule has 2 aromatic rings. The van der Waals surface area contributed by atoms with Crippen LogP contribution >= 0.6 is 11.6 Å². The predicted molar refractivity (Wildman–Crippen MR) is 101 cm³/mol. The number of amides is 1. The van der Waals surface area contributed by atoms with Gasteiger partial charge < -0.3 is 9.64 Å². The molecule has 0 radical (unpaired) electrons. The van der Waals surface area contributed by atoms with E-state index in [0.29, 0.717) is 29.1 Å². The summed E-state index contributed by atoms with van der Waals surface area (Å²) in [7, 11) is 1.61. The fraction of sp³-hybridized carbons (Fsp3) is 0.400. The molecular formula is C20H20ClN3O3. The maximum atomic E-state index is 12.5. The van der Waals surface area contributed by atoms with E-state index in [9.17, 15) is 14.9 Å². The minimum Gasteiger partial charge on any atom is -0.452 e. The molecule has 1 aromatic carbocycles. The first kappa shape index (κ1) is 19.1. The summed E-state index contributed by atoms with van der Waals surface area (Å²) in [5.41, 5.74) is 0.202. The SMILES string of the molecule is CN(C(=O)COC(=O)c1ccc2nc(Cl)ccc2c1)C1(C#N)CCCCC1. The Hall–Kier alpha value is -2.65. The first-order chi connectivity index (χ1) is 12.9. The van der Waals surface area contributed by atoms with Crippen molar-refractivity contribution in [3.8, 4) is 6.07 Å². The highest BCUT2D eigenvalue weighted by molar-refractivity contribution is 6.29. The van der Waals surface area contributed by atoms with E-state index in [-0.39, 0.29) is 5.91 Å². The number of hydrogen-bond acceptors (Lipinski definition) is 5. The van der Waals surface area contributed by atoms with Gasteiger partial charge in [-0.25, -0.2) is 9.78 Å². The molecule has 1 aliphatic carbocycles. The lowest BCUT2D eigenvalue weighted by Gasteiger charge is -2.38. The monoisotopic (exact) mass is 385 g/mol. The Balaban J connectivity index is 1.65. The van der Waals surface area contributed by atoms with Gasteiger partial charge >= 0.3 is 5.97 Å². The highest BCUT2D eigenvalue weighted by Crippen LogP contribution is 2.32. The molecule has 0 spiro atoms. The van der Waals surface area contributed by atoms with Crippen molar-refractivity contribution in [2.45, 2.75) is 37.6 Å². The molecule has 27 heavy (non-hydrogen) atoms. The number of ether oxygens (including phenoxy) is 1. The van der Waals surface area contributed by atoms with Gasteiger partial charge in [-0.05, 0) is 43.2 Å².